The summed E-state index contributed by atoms with van der Waals surface area (Å²) in [4.78, 5) is 26.0. The number of amides is 1. The summed E-state index contributed by atoms with van der Waals surface area (Å²) in [5.74, 6) is 0.639. The fraction of sp³-hybridized carbons (Fsp3) is 0.533. The molecule has 204 valence electrons. The third-order valence-electron chi connectivity index (χ3n) is 6.16. The van der Waals surface area contributed by atoms with Crippen LogP contribution in [-0.2, 0) is 16.0 Å². The number of hydrogen-bond acceptors (Lipinski definition) is 5. The number of unbranched alkanes of at least 4 members (excludes halogenated alkanes) is 4. The van der Waals surface area contributed by atoms with Crippen molar-refractivity contribution in [3.63, 3.8) is 0 Å². The van der Waals surface area contributed by atoms with Gasteiger partial charge in [-0.15, -0.1) is 0 Å². The van der Waals surface area contributed by atoms with Crippen molar-refractivity contribution in [3.8, 4) is 11.5 Å². The van der Waals surface area contributed by atoms with E-state index in [1.54, 1.807) is 11.8 Å². The van der Waals surface area contributed by atoms with Gasteiger partial charge in [-0.2, -0.15) is 0 Å². The van der Waals surface area contributed by atoms with Crippen molar-refractivity contribution in [1.82, 2.24) is 4.90 Å². The van der Waals surface area contributed by atoms with Gasteiger partial charge in [-0.25, -0.2) is 9.59 Å². The molecule has 0 radical (unpaired) electrons. The first-order valence-electron chi connectivity index (χ1n) is 13.5. The SMILES string of the molecule is CCCCCCCN(CCOc1ccc(CC(OCC)C(=O)O)cc1)C(=O)Oc1ccc(C(C)C)cc1. The van der Waals surface area contributed by atoms with E-state index < -0.39 is 12.1 Å². The Morgan fingerprint density at radius 2 is 1.51 bits per heavy atom. The first kappa shape index (κ1) is 30.2. The lowest BCUT2D eigenvalue weighted by molar-refractivity contribution is -0.149. The molecule has 0 aliphatic carbocycles. The van der Waals surface area contributed by atoms with E-state index in [1.807, 2.05) is 48.5 Å². The molecule has 0 aliphatic rings. The first-order valence-corrected chi connectivity index (χ1v) is 13.5. The van der Waals surface area contributed by atoms with Crippen LogP contribution >= 0.6 is 0 Å². The van der Waals surface area contributed by atoms with Crippen LogP contribution in [0.4, 0.5) is 4.79 Å². The van der Waals surface area contributed by atoms with Gasteiger partial charge in [0.15, 0.2) is 6.10 Å². The average Bonchev–Trinajstić information content (AvgIpc) is 2.88. The Hall–Kier alpha value is -3.06. The van der Waals surface area contributed by atoms with E-state index in [9.17, 15) is 14.7 Å². The Balaban J connectivity index is 1.92. The van der Waals surface area contributed by atoms with E-state index in [0.29, 0.717) is 50.1 Å². The van der Waals surface area contributed by atoms with Gasteiger partial charge in [-0.1, -0.05) is 70.7 Å². The molecule has 0 heterocycles. The van der Waals surface area contributed by atoms with Gasteiger partial charge in [0.1, 0.15) is 18.1 Å². The molecule has 1 N–H and O–H groups in total. The van der Waals surface area contributed by atoms with Crippen molar-refractivity contribution in [2.24, 2.45) is 0 Å². The van der Waals surface area contributed by atoms with Crippen LogP contribution in [0.1, 0.15) is 76.8 Å². The molecular weight excluding hydrogens is 470 g/mol. The predicted octanol–water partition coefficient (Wildman–Crippen LogP) is 6.69. The fourth-order valence-corrected chi connectivity index (χ4v) is 3.91. The molecule has 2 aromatic rings. The van der Waals surface area contributed by atoms with E-state index in [2.05, 4.69) is 20.8 Å². The number of nitrogens with zero attached hydrogens (tertiary/aromatic N) is 1. The summed E-state index contributed by atoms with van der Waals surface area (Å²) in [5.41, 5.74) is 2.05. The molecule has 0 aliphatic heterocycles. The summed E-state index contributed by atoms with van der Waals surface area (Å²) in [7, 11) is 0. The lowest BCUT2D eigenvalue weighted by Gasteiger charge is -2.22. The number of rotatable bonds is 17. The summed E-state index contributed by atoms with van der Waals surface area (Å²) in [6, 6.07) is 14.9. The number of carboxylic acid groups (broad SMARTS) is 1. The van der Waals surface area contributed by atoms with E-state index in [-0.39, 0.29) is 6.09 Å². The number of ether oxygens (including phenoxy) is 3. The highest BCUT2D eigenvalue weighted by Gasteiger charge is 2.18. The van der Waals surface area contributed by atoms with Gasteiger partial charge >= 0.3 is 12.1 Å². The quantitative estimate of drug-likeness (QED) is 0.237. The Kier molecular flexibility index (Phi) is 13.6. The standard InChI is InChI=1S/C30H43NO6/c1-5-7-8-9-10-19-31(30(34)37-27-17-13-25(14-18-27)23(3)4)20-21-36-26-15-11-24(12-16-26)22-28(29(32)33)35-6-2/h11-18,23,28H,5-10,19-22H2,1-4H3,(H,32,33). The molecule has 0 fully saturated rings. The highest BCUT2D eigenvalue weighted by atomic mass is 16.6. The summed E-state index contributed by atoms with van der Waals surface area (Å²) in [6.45, 7) is 9.91. The van der Waals surface area contributed by atoms with E-state index in [0.717, 1.165) is 24.8 Å². The Bertz CT molecular complexity index is 926. The van der Waals surface area contributed by atoms with Crippen LogP contribution in [0.25, 0.3) is 0 Å². The molecule has 1 unspecified atom stereocenters. The zero-order chi connectivity index (χ0) is 27.0. The van der Waals surface area contributed by atoms with Crippen LogP contribution in [0, 0.1) is 0 Å². The zero-order valence-corrected chi connectivity index (χ0v) is 22.8. The minimum Gasteiger partial charge on any atom is -0.492 e. The number of aliphatic carboxylic acids is 1. The topological polar surface area (TPSA) is 85.3 Å². The molecule has 37 heavy (non-hydrogen) atoms. The number of carboxylic acids is 1. The van der Waals surface area contributed by atoms with Crippen molar-refractivity contribution in [2.45, 2.75) is 78.2 Å². The smallest absolute Gasteiger partial charge is 0.415 e. The van der Waals surface area contributed by atoms with Gasteiger partial charge in [0.2, 0.25) is 0 Å². The number of benzene rings is 2. The highest BCUT2D eigenvalue weighted by molar-refractivity contribution is 5.72. The predicted molar refractivity (Wildman–Crippen MR) is 146 cm³/mol. The normalized spacial score (nSPS) is 11.8. The van der Waals surface area contributed by atoms with Gasteiger partial charge < -0.3 is 24.2 Å². The van der Waals surface area contributed by atoms with Gasteiger partial charge in [-0.3, -0.25) is 0 Å². The molecule has 0 bridgehead atoms. The van der Waals surface area contributed by atoms with Gasteiger partial charge in [0, 0.05) is 19.6 Å². The van der Waals surface area contributed by atoms with E-state index in [1.165, 1.54) is 18.4 Å². The third kappa shape index (κ3) is 11.3. The molecule has 1 atom stereocenters. The van der Waals surface area contributed by atoms with Crippen LogP contribution < -0.4 is 9.47 Å². The summed E-state index contributed by atoms with van der Waals surface area (Å²) >= 11 is 0. The Morgan fingerprint density at radius 3 is 2.11 bits per heavy atom. The zero-order valence-electron chi connectivity index (χ0n) is 22.8. The molecule has 7 nitrogen and oxygen atoms in total. The monoisotopic (exact) mass is 513 g/mol. The lowest BCUT2D eigenvalue weighted by atomic mass is 10.0. The second-order valence-corrected chi connectivity index (χ2v) is 9.47. The maximum atomic E-state index is 12.9. The van der Waals surface area contributed by atoms with Crippen molar-refractivity contribution in [3.05, 3.63) is 59.7 Å². The van der Waals surface area contributed by atoms with Crippen LogP contribution in [0.5, 0.6) is 11.5 Å². The summed E-state index contributed by atoms with van der Waals surface area (Å²) in [6.07, 6.45) is 4.57. The molecule has 0 spiro atoms. The first-order chi connectivity index (χ1) is 17.8. The average molecular weight is 514 g/mol. The van der Waals surface area contributed by atoms with Gasteiger partial charge in [0.05, 0.1) is 6.54 Å². The van der Waals surface area contributed by atoms with Gasteiger partial charge in [-0.05, 0) is 54.7 Å². The van der Waals surface area contributed by atoms with Crippen molar-refractivity contribution < 1.29 is 28.9 Å². The number of carbonyl (C=O) groups is 2. The molecule has 2 rings (SSSR count). The van der Waals surface area contributed by atoms with Gasteiger partial charge in [0.25, 0.3) is 0 Å². The third-order valence-corrected chi connectivity index (χ3v) is 6.16. The van der Waals surface area contributed by atoms with Crippen LogP contribution in [0.3, 0.4) is 0 Å². The summed E-state index contributed by atoms with van der Waals surface area (Å²) in [5, 5.41) is 9.27. The van der Waals surface area contributed by atoms with Crippen molar-refractivity contribution in [1.29, 1.82) is 0 Å². The van der Waals surface area contributed by atoms with Crippen molar-refractivity contribution in [2.75, 3.05) is 26.3 Å². The second-order valence-electron chi connectivity index (χ2n) is 9.47. The molecule has 0 saturated carbocycles. The highest BCUT2D eigenvalue weighted by Crippen LogP contribution is 2.20. The minimum atomic E-state index is -0.972. The van der Waals surface area contributed by atoms with Crippen molar-refractivity contribution >= 4 is 12.1 Å². The van der Waals surface area contributed by atoms with E-state index >= 15 is 0 Å². The summed E-state index contributed by atoms with van der Waals surface area (Å²) < 4.78 is 16.8. The Labute approximate surface area is 221 Å². The molecule has 2 aromatic carbocycles. The lowest BCUT2D eigenvalue weighted by Crippen LogP contribution is -2.37. The molecule has 7 heteroatoms. The number of hydrogen-bond donors (Lipinski definition) is 1. The van der Waals surface area contributed by atoms with Crippen LogP contribution in [-0.4, -0.2) is 54.5 Å². The molecule has 1 amide bonds. The maximum absolute atomic E-state index is 12.9. The fourth-order valence-electron chi connectivity index (χ4n) is 3.91. The van der Waals surface area contributed by atoms with Crippen LogP contribution in [0.2, 0.25) is 0 Å². The second kappa shape index (κ2) is 16.6. The minimum absolute atomic E-state index is 0.291. The largest absolute Gasteiger partial charge is 0.492 e. The number of carbonyl (C=O) groups excluding carboxylic acids is 1. The Morgan fingerprint density at radius 1 is 0.865 bits per heavy atom. The van der Waals surface area contributed by atoms with E-state index in [4.69, 9.17) is 14.2 Å². The maximum Gasteiger partial charge on any atom is 0.415 e. The molecular formula is C30H43NO6. The molecule has 0 aromatic heterocycles. The molecule has 0 saturated heterocycles. The van der Waals surface area contributed by atoms with Crippen LogP contribution in [0.15, 0.2) is 48.5 Å².